The zero-order valence-corrected chi connectivity index (χ0v) is 23.7. The van der Waals surface area contributed by atoms with Gasteiger partial charge in [0.25, 0.3) is 0 Å². The maximum Gasteiger partial charge on any atom is 0.103 e. The lowest BCUT2D eigenvalue weighted by Crippen LogP contribution is -2.53. The summed E-state index contributed by atoms with van der Waals surface area (Å²) >= 11 is 6.27. The van der Waals surface area contributed by atoms with Crippen LogP contribution in [-0.2, 0) is 0 Å². The third kappa shape index (κ3) is 7.35. The van der Waals surface area contributed by atoms with Gasteiger partial charge in [-0.25, -0.2) is 4.39 Å². The van der Waals surface area contributed by atoms with E-state index in [2.05, 4.69) is 56.1 Å². The topological polar surface area (TPSA) is 15.3 Å². The highest BCUT2D eigenvalue weighted by Gasteiger charge is 2.41. The van der Waals surface area contributed by atoms with Gasteiger partial charge in [0.2, 0.25) is 0 Å². The third-order valence-corrected chi connectivity index (χ3v) is 10.4. The van der Waals surface area contributed by atoms with Crippen molar-refractivity contribution in [1.29, 1.82) is 0 Å². The first kappa shape index (κ1) is 27.6. The van der Waals surface area contributed by atoms with Crippen LogP contribution in [0.3, 0.4) is 0 Å². The van der Waals surface area contributed by atoms with Gasteiger partial charge in [-0.05, 0) is 105 Å². The van der Waals surface area contributed by atoms with Crippen LogP contribution in [0.15, 0.2) is 23.3 Å². The minimum atomic E-state index is -0.582. The summed E-state index contributed by atoms with van der Waals surface area (Å²) < 4.78 is 14.6. The highest BCUT2D eigenvalue weighted by molar-refractivity contribution is 6.29. The van der Waals surface area contributed by atoms with Crippen molar-refractivity contribution in [3.05, 3.63) is 23.3 Å². The average molecular weight is 507 g/mol. The van der Waals surface area contributed by atoms with E-state index in [0.717, 1.165) is 68.5 Å². The summed E-state index contributed by atoms with van der Waals surface area (Å²) in [5, 5.41) is 5.06. The van der Waals surface area contributed by atoms with E-state index in [-0.39, 0.29) is 5.92 Å². The summed E-state index contributed by atoms with van der Waals surface area (Å²) in [6.45, 7) is 14.4. The molecular formula is C31H52ClFN2. The largest absolute Gasteiger partial charge is 0.312 e. The van der Waals surface area contributed by atoms with E-state index in [1.807, 2.05) is 0 Å². The van der Waals surface area contributed by atoms with Crippen LogP contribution in [-0.4, -0.2) is 43.3 Å². The van der Waals surface area contributed by atoms with Gasteiger partial charge in [-0.2, -0.15) is 0 Å². The summed E-state index contributed by atoms with van der Waals surface area (Å²) in [5.74, 6) is 3.58. The maximum absolute atomic E-state index is 14.6. The summed E-state index contributed by atoms with van der Waals surface area (Å²) in [6, 6.07) is 0.520. The SMILES string of the molecule is CC(C)[C@H](CN1CC[C@H](C2CC=C(Cl)CC2)C(C)(C)C1)NCC1CC=CC(C2CCCCC2F)C1. The van der Waals surface area contributed by atoms with Gasteiger partial charge in [-0.15, -0.1) is 0 Å². The molecule has 4 aliphatic rings. The van der Waals surface area contributed by atoms with Crippen molar-refractivity contribution in [2.75, 3.05) is 26.2 Å². The molecule has 2 fully saturated rings. The quantitative estimate of drug-likeness (QED) is 0.335. The molecule has 0 aromatic rings. The molecule has 1 heterocycles. The molecule has 7 atom stereocenters. The molecule has 35 heavy (non-hydrogen) atoms. The number of rotatable bonds is 8. The van der Waals surface area contributed by atoms with Crippen LogP contribution in [0.2, 0.25) is 0 Å². The fraction of sp³-hybridized carbons (Fsp3) is 0.871. The minimum Gasteiger partial charge on any atom is -0.312 e. The zero-order valence-electron chi connectivity index (χ0n) is 23.0. The van der Waals surface area contributed by atoms with Crippen molar-refractivity contribution in [3.8, 4) is 0 Å². The highest BCUT2D eigenvalue weighted by Crippen LogP contribution is 2.45. The Labute approximate surface area is 220 Å². The zero-order chi connectivity index (χ0) is 25.0. The van der Waals surface area contributed by atoms with Crippen molar-refractivity contribution >= 4 is 11.6 Å². The van der Waals surface area contributed by atoms with Gasteiger partial charge in [-0.1, -0.05) is 70.4 Å². The number of likely N-dealkylation sites (tertiary alicyclic amines) is 1. The van der Waals surface area contributed by atoms with Crippen LogP contribution in [0.25, 0.3) is 0 Å². The van der Waals surface area contributed by atoms with E-state index < -0.39 is 6.17 Å². The average Bonchev–Trinajstić information content (AvgIpc) is 2.82. The van der Waals surface area contributed by atoms with Gasteiger partial charge in [0.1, 0.15) is 6.17 Å². The van der Waals surface area contributed by atoms with E-state index in [0.29, 0.717) is 29.2 Å². The Morgan fingerprint density at radius 2 is 1.94 bits per heavy atom. The van der Waals surface area contributed by atoms with Gasteiger partial charge in [0.15, 0.2) is 0 Å². The van der Waals surface area contributed by atoms with E-state index in [9.17, 15) is 4.39 Å². The Morgan fingerprint density at radius 1 is 1.14 bits per heavy atom. The Morgan fingerprint density at radius 3 is 2.63 bits per heavy atom. The molecule has 3 aliphatic carbocycles. The van der Waals surface area contributed by atoms with Gasteiger partial charge in [0.05, 0.1) is 0 Å². The number of nitrogens with zero attached hydrogens (tertiary/aromatic N) is 1. The predicted molar refractivity (Wildman–Crippen MR) is 148 cm³/mol. The lowest BCUT2D eigenvalue weighted by Gasteiger charge is -2.49. The third-order valence-electron chi connectivity index (χ3n) is 10.0. The molecule has 1 saturated heterocycles. The first-order valence-electron chi connectivity index (χ1n) is 14.8. The molecule has 1 aliphatic heterocycles. The molecule has 5 unspecified atom stereocenters. The summed E-state index contributed by atoms with van der Waals surface area (Å²) in [5.41, 5.74) is 0.354. The molecular weight excluding hydrogens is 455 g/mol. The van der Waals surface area contributed by atoms with Gasteiger partial charge < -0.3 is 10.2 Å². The van der Waals surface area contributed by atoms with Gasteiger partial charge >= 0.3 is 0 Å². The first-order chi connectivity index (χ1) is 16.7. The lowest BCUT2D eigenvalue weighted by atomic mass is 9.65. The monoisotopic (exact) mass is 506 g/mol. The number of halogens is 2. The minimum absolute atomic E-state index is 0.267. The van der Waals surface area contributed by atoms with Gasteiger partial charge in [0, 0.05) is 24.2 Å². The summed E-state index contributed by atoms with van der Waals surface area (Å²) in [4.78, 5) is 2.74. The second kappa shape index (κ2) is 12.4. The second-order valence-electron chi connectivity index (χ2n) is 13.5. The molecule has 200 valence electrons. The number of piperidine rings is 1. The molecule has 2 nitrogen and oxygen atoms in total. The molecule has 1 saturated carbocycles. The molecule has 0 radical (unpaired) electrons. The van der Waals surface area contributed by atoms with Crippen LogP contribution >= 0.6 is 11.6 Å². The molecule has 0 aromatic carbocycles. The Bertz CT molecular complexity index is 731. The molecule has 0 aromatic heterocycles. The fourth-order valence-electron chi connectivity index (χ4n) is 7.90. The van der Waals surface area contributed by atoms with Crippen molar-refractivity contribution in [2.24, 2.45) is 40.9 Å². The van der Waals surface area contributed by atoms with Crippen molar-refractivity contribution in [1.82, 2.24) is 10.2 Å². The predicted octanol–water partition coefficient (Wildman–Crippen LogP) is 7.98. The molecule has 0 spiro atoms. The van der Waals surface area contributed by atoms with Gasteiger partial charge in [-0.3, -0.25) is 0 Å². The van der Waals surface area contributed by atoms with E-state index in [1.165, 1.54) is 38.8 Å². The maximum atomic E-state index is 14.6. The molecule has 1 N–H and O–H groups in total. The number of allylic oxidation sites excluding steroid dienone is 4. The number of alkyl halides is 1. The van der Waals surface area contributed by atoms with Crippen LogP contribution in [0.5, 0.6) is 0 Å². The van der Waals surface area contributed by atoms with E-state index >= 15 is 0 Å². The number of nitrogens with one attached hydrogen (secondary N) is 1. The van der Waals surface area contributed by atoms with Crippen molar-refractivity contribution in [3.63, 3.8) is 0 Å². The first-order valence-corrected chi connectivity index (χ1v) is 15.2. The Hall–Kier alpha value is -0.380. The molecule has 0 bridgehead atoms. The van der Waals surface area contributed by atoms with E-state index in [1.54, 1.807) is 0 Å². The Kier molecular flexibility index (Phi) is 9.83. The molecule has 0 amide bonds. The van der Waals surface area contributed by atoms with Crippen LogP contribution in [0.4, 0.5) is 4.39 Å². The van der Waals surface area contributed by atoms with Crippen LogP contribution in [0.1, 0.15) is 91.9 Å². The Balaban J connectivity index is 1.27. The second-order valence-corrected chi connectivity index (χ2v) is 13.9. The normalized spacial score (nSPS) is 37.3. The van der Waals surface area contributed by atoms with Crippen LogP contribution < -0.4 is 5.32 Å². The van der Waals surface area contributed by atoms with Crippen LogP contribution in [0, 0.1) is 40.9 Å². The smallest absolute Gasteiger partial charge is 0.103 e. The van der Waals surface area contributed by atoms with Crippen molar-refractivity contribution < 1.29 is 4.39 Å². The molecule has 4 rings (SSSR count). The number of hydrogen-bond donors (Lipinski definition) is 1. The fourth-order valence-corrected chi connectivity index (χ4v) is 8.09. The number of hydrogen-bond acceptors (Lipinski definition) is 2. The summed E-state index contributed by atoms with van der Waals surface area (Å²) in [6.07, 6.45) is 17.7. The van der Waals surface area contributed by atoms with E-state index in [4.69, 9.17) is 11.6 Å². The lowest BCUT2D eigenvalue weighted by molar-refractivity contribution is 0.0115. The summed E-state index contributed by atoms with van der Waals surface area (Å²) in [7, 11) is 0. The standard InChI is InChI=1S/C31H52ClFN2/c1-22(2)30(34-19-23-8-7-9-25(18-23)27-10-5-6-11-29(27)33)20-35-17-16-28(31(3,4)21-35)24-12-14-26(32)15-13-24/h7,9,14,22-25,27-30,34H,5-6,8,10-13,15-21H2,1-4H3/t23?,24?,25?,27?,28-,29?,30+/m1/s1. The highest BCUT2D eigenvalue weighted by atomic mass is 35.5. The van der Waals surface area contributed by atoms with Crippen molar-refractivity contribution in [2.45, 2.75) is 104 Å². The molecule has 4 heteroatoms.